The molecule has 1 aliphatic rings. The molecule has 2 aromatic carbocycles. The third-order valence-corrected chi connectivity index (χ3v) is 7.13. The van der Waals surface area contributed by atoms with Crippen LogP contribution in [0.5, 0.6) is 11.5 Å². The molecule has 11 nitrogen and oxygen atoms in total. The van der Waals surface area contributed by atoms with Gasteiger partial charge in [-0.3, -0.25) is 19.2 Å². The number of phenols is 1. The van der Waals surface area contributed by atoms with Crippen LogP contribution in [0.25, 0.3) is 0 Å². The number of nitrogens with one attached hydrogen (secondary N) is 3. The molecule has 0 saturated carbocycles. The summed E-state index contributed by atoms with van der Waals surface area (Å²) < 4.78 is 6.08. The second-order valence-corrected chi connectivity index (χ2v) is 10.8. The van der Waals surface area contributed by atoms with Crippen molar-refractivity contribution < 1.29 is 33.8 Å². The highest BCUT2D eigenvalue weighted by atomic mass is 16.5. The fourth-order valence-electron chi connectivity index (χ4n) is 4.85. The number of nitrogens with zero attached hydrogens (tertiary/aromatic N) is 1. The van der Waals surface area contributed by atoms with Gasteiger partial charge in [0.15, 0.2) is 0 Å². The van der Waals surface area contributed by atoms with Gasteiger partial charge in [-0.25, -0.2) is 0 Å². The number of rotatable bonds is 13. The summed E-state index contributed by atoms with van der Waals surface area (Å²) in [4.78, 5) is 65.4. The van der Waals surface area contributed by atoms with Gasteiger partial charge in [-0.1, -0.05) is 51.1 Å². The van der Waals surface area contributed by atoms with Crippen LogP contribution in [0.15, 0.2) is 54.6 Å². The molecule has 0 bridgehead atoms. The summed E-state index contributed by atoms with van der Waals surface area (Å²) in [6, 6.07) is 11.7. The van der Waals surface area contributed by atoms with Crippen molar-refractivity contribution in [3.8, 4) is 11.5 Å². The van der Waals surface area contributed by atoms with Crippen LogP contribution in [0, 0.1) is 5.92 Å². The molecule has 5 atom stereocenters. The number of aldehydes is 1. The van der Waals surface area contributed by atoms with E-state index in [1.807, 2.05) is 18.2 Å². The number of aromatic hydroxyl groups is 1. The lowest BCUT2D eigenvalue weighted by Gasteiger charge is -2.31. The molecule has 0 aromatic heterocycles. The number of amides is 4. The highest BCUT2D eigenvalue weighted by Gasteiger charge is 2.44. The van der Waals surface area contributed by atoms with E-state index in [-0.39, 0.29) is 31.1 Å². The van der Waals surface area contributed by atoms with Crippen molar-refractivity contribution in [3.63, 3.8) is 0 Å². The van der Waals surface area contributed by atoms with Crippen molar-refractivity contribution in [1.82, 2.24) is 20.9 Å². The van der Waals surface area contributed by atoms with E-state index in [9.17, 15) is 29.1 Å². The zero-order chi connectivity index (χ0) is 30.8. The number of likely N-dealkylation sites (tertiary alicyclic amines) is 1. The normalized spacial score (nSPS) is 18.5. The van der Waals surface area contributed by atoms with Gasteiger partial charge in [0.2, 0.25) is 23.6 Å². The average molecular weight is 581 g/mol. The van der Waals surface area contributed by atoms with Crippen molar-refractivity contribution in [2.75, 3.05) is 6.54 Å². The molecule has 5 unspecified atom stereocenters. The Hall–Kier alpha value is -4.41. The standard InChI is InChI=1S/C31H40N4O7/c1-5-22(18-36)33-30(40)27-16-25(42-24-9-7-6-8-10-24)17-35(27)31(41)28(19(2)3)34-29(39)26(32-20(4)37)15-21-11-13-23(38)14-12-21/h6-14,18-19,22,25-28,38H,5,15-17H2,1-4H3,(H,32,37)(H,33,40)(H,34,39). The van der Waals surface area contributed by atoms with E-state index in [1.165, 1.54) is 24.0 Å². The van der Waals surface area contributed by atoms with Gasteiger partial charge < -0.3 is 35.5 Å². The minimum Gasteiger partial charge on any atom is -0.508 e. The van der Waals surface area contributed by atoms with Gasteiger partial charge in [0.25, 0.3) is 0 Å². The topological polar surface area (TPSA) is 154 Å². The number of para-hydroxylation sites is 1. The van der Waals surface area contributed by atoms with Crippen LogP contribution in [-0.4, -0.2) is 76.7 Å². The molecule has 4 amide bonds. The summed E-state index contributed by atoms with van der Waals surface area (Å²) in [6.45, 7) is 6.72. The van der Waals surface area contributed by atoms with Crippen molar-refractivity contribution >= 4 is 29.9 Å². The molecular weight excluding hydrogens is 540 g/mol. The SMILES string of the molecule is CCC(C=O)NC(=O)C1CC(Oc2ccccc2)CN1C(=O)C(NC(=O)C(Cc1ccc(O)cc1)NC(C)=O)C(C)C. The van der Waals surface area contributed by atoms with E-state index in [2.05, 4.69) is 16.0 Å². The van der Waals surface area contributed by atoms with Crippen molar-refractivity contribution in [1.29, 1.82) is 0 Å². The molecule has 1 saturated heterocycles. The summed E-state index contributed by atoms with van der Waals surface area (Å²) in [5, 5.41) is 17.7. The van der Waals surface area contributed by atoms with Crippen LogP contribution < -0.4 is 20.7 Å². The van der Waals surface area contributed by atoms with Crippen LogP contribution in [0.2, 0.25) is 0 Å². The summed E-state index contributed by atoms with van der Waals surface area (Å²) in [6.07, 6.45) is 0.904. The van der Waals surface area contributed by atoms with E-state index >= 15 is 0 Å². The Kier molecular flexibility index (Phi) is 11.5. The predicted octanol–water partition coefficient (Wildman–Crippen LogP) is 1.72. The lowest BCUT2D eigenvalue weighted by Crippen LogP contribution is -2.58. The Labute approximate surface area is 246 Å². The lowest BCUT2D eigenvalue weighted by atomic mass is 10.00. The Bertz CT molecular complexity index is 1240. The van der Waals surface area contributed by atoms with E-state index in [4.69, 9.17) is 4.74 Å². The molecule has 1 aliphatic heterocycles. The molecule has 3 rings (SSSR count). The van der Waals surface area contributed by atoms with E-state index in [0.717, 1.165) is 0 Å². The quantitative estimate of drug-likeness (QED) is 0.263. The molecule has 0 aliphatic carbocycles. The van der Waals surface area contributed by atoms with Crippen LogP contribution in [0.3, 0.4) is 0 Å². The molecule has 11 heteroatoms. The first kappa shape index (κ1) is 32.1. The Morgan fingerprint density at radius 1 is 1.02 bits per heavy atom. The molecule has 226 valence electrons. The largest absolute Gasteiger partial charge is 0.508 e. The fraction of sp³-hybridized carbons (Fsp3) is 0.452. The first-order valence-electron chi connectivity index (χ1n) is 14.2. The zero-order valence-electron chi connectivity index (χ0n) is 24.4. The number of hydrogen-bond donors (Lipinski definition) is 4. The van der Waals surface area contributed by atoms with Crippen molar-refractivity contribution in [2.24, 2.45) is 5.92 Å². The summed E-state index contributed by atoms with van der Waals surface area (Å²) in [5.41, 5.74) is 0.701. The van der Waals surface area contributed by atoms with Gasteiger partial charge in [0.05, 0.1) is 12.6 Å². The van der Waals surface area contributed by atoms with Gasteiger partial charge in [-0.15, -0.1) is 0 Å². The molecule has 1 fully saturated rings. The van der Waals surface area contributed by atoms with E-state index < -0.39 is 53.9 Å². The molecule has 2 aromatic rings. The number of benzene rings is 2. The highest BCUT2D eigenvalue weighted by molar-refractivity contribution is 5.95. The van der Waals surface area contributed by atoms with Crippen molar-refractivity contribution in [3.05, 3.63) is 60.2 Å². The molecule has 0 spiro atoms. The Balaban J connectivity index is 1.83. The van der Waals surface area contributed by atoms with Crippen LogP contribution in [0.4, 0.5) is 0 Å². The summed E-state index contributed by atoms with van der Waals surface area (Å²) in [7, 11) is 0. The maximum absolute atomic E-state index is 14.0. The second kappa shape index (κ2) is 15.0. The third kappa shape index (κ3) is 8.79. The molecule has 1 heterocycles. The van der Waals surface area contributed by atoms with E-state index in [1.54, 1.807) is 45.0 Å². The summed E-state index contributed by atoms with van der Waals surface area (Å²) >= 11 is 0. The zero-order valence-corrected chi connectivity index (χ0v) is 24.4. The first-order chi connectivity index (χ1) is 20.0. The number of carbonyl (C=O) groups is 5. The average Bonchev–Trinajstić information content (AvgIpc) is 3.38. The van der Waals surface area contributed by atoms with Gasteiger partial charge in [-0.05, 0) is 42.2 Å². The van der Waals surface area contributed by atoms with Crippen LogP contribution in [0.1, 0.15) is 46.1 Å². The first-order valence-corrected chi connectivity index (χ1v) is 14.2. The molecule has 42 heavy (non-hydrogen) atoms. The maximum atomic E-state index is 14.0. The number of carbonyl (C=O) groups excluding carboxylic acids is 5. The van der Waals surface area contributed by atoms with Gasteiger partial charge in [0, 0.05) is 19.8 Å². The van der Waals surface area contributed by atoms with E-state index in [0.29, 0.717) is 24.0 Å². The van der Waals surface area contributed by atoms with Crippen LogP contribution in [-0.2, 0) is 30.4 Å². The smallest absolute Gasteiger partial charge is 0.246 e. The maximum Gasteiger partial charge on any atom is 0.246 e. The Morgan fingerprint density at radius 3 is 2.26 bits per heavy atom. The Morgan fingerprint density at radius 2 is 1.69 bits per heavy atom. The number of hydrogen-bond acceptors (Lipinski definition) is 7. The van der Waals surface area contributed by atoms with Gasteiger partial charge in [-0.2, -0.15) is 0 Å². The highest BCUT2D eigenvalue weighted by Crippen LogP contribution is 2.25. The van der Waals surface area contributed by atoms with Crippen molar-refractivity contribution in [2.45, 2.75) is 77.2 Å². The summed E-state index contributed by atoms with van der Waals surface area (Å²) in [5.74, 6) is -1.61. The fourth-order valence-corrected chi connectivity index (χ4v) is 4.85. The van der Waals surface area contributed by atoms with Gasteiger partial charge >= 0.3 is 0 Å². The molecular formula is C31H40N4O7. The lowest BCUT2D eigenvalue weighted by molar-refractivity contribution is -0.143. The molecule has 0 radical (unpaired) electrons. The minimum absolute atomic E-state index is 0.0712. The monoisotopic (exact) mass is 580 g/mol. The molecule has 4 N–H and O–H groups in total. The number of phenolic OH excluding ortho intramolecular Hbond substituents is 1. The minimum atomic E-state index is -1.01. The van der Waals surface area contributed by atoms with Gasteiger partial charge in [0.1, 0.15) is 42.0 Å². The third-order valence-electron chi connectivity index (χ3n) is 7.13. The predicted molar refractivity (Wildman–Crippen MR) is 155 cm³/mol. The van der Waals surface area contributed by atoms with Crippen LogP contribution >= 0.6 is 0 Å². The second-order valence-electron chi connectivity index (χ2n) is 10.8. The number of ether oxygens (including phenoxy) is 1.